The van der Waals surface area contributed by atoms with Gasteiger partial charge in [-0.3, -0.25) is 19.9 Å². The third-order valence-corrected chi connectivity index (χ3v) is 17.4. The lowest BCUT2D eigenvalue weighted by atomic mass is 9.97. The van der Waals surface area contributed by atoms with Crippen LogP contribution in [0.5, 0.6) is 0 Å². The number of benzene rings is 10. The zero-order chi connectivity index (χ0) is 61.9. The van der Waals surface area contributed by atoms with Crippen molar-refractivity contribution >= 4 is 49.3 Å². The minimum atomic E-state index is -5.01. The smallest absolute Gasteiger partial charge is 0.308 e. The molecule has 16 rings (SSSR count). The summed E-state index contributed by atoms with van der Waals surface area (Å²) in [7, 11) is 0. The van der Waals surface area contributed by atoms with Crippen molar-refractivity contribution in [1.29, 1.82) is 0 Å². The predicted octanol–water partition coefficient (Wildman–Crippen LogP) is 22.0. The number of fused-ring (bicyclic) bond motifs is 6. The quantitative estimate of drug-likeness (QED) is 0.121. The van der Waals surface area contributed by atoms with Crippen molar-refractivity contribution in [3.05, 3.63) is 321 Å². The number of halogens is 3. The molecule has 0 aliphatic carbocycles. The molecule has 0 aliphatic rings. The van der Waals surface area contributed by atoms with Crippen LogP contribution in [0.2, 0.25) is 0 Å². The molecule has 0 saturated carbocycles. The number of nitrogens with zero attached hydrogens (tertiary/aromatic N) is 7. The molecular formula is C82H50F3N7. The molecule has 92 heavy (non-hydrogen) atoms. The molecule has 0 amide bonds. The van der Waals surface area contributed by atoms with Gasteiger partial charge in [0, 0.05) is 90.8 Å². The summed E-state index contributed by atoms with van der Waals surface area (Å²) < 4.78 is 57.6. The summed E-state index contributed by atoms with van der Waals surface area (Å²) in [5.41, 5.74) is 15.3. The first-order valence-electron chi connectivity index (χ1n) is 30.2. The van der Waals surface area contributed by atoms with E-state index in [0.717, 1.165) is 111 Å². The van der Waals surface area contributed by atoms with Gasteiger partial charge in [-0.05, 0) is 100 Å². The molecule has 0 bridgehead atoms. The largest absolute Gasteiger partial charge is 0.420 e. The first kappa shape index (κ1) is 55.0. The normalized spacial score (nSPS) is 11.6. The zero-order valence-electron chi connectivity index (χ0n) is 49.1. The van der Waals surface area contributed by atoms with E-state index in [1.165, 1.54) is 0 Å². The van der Waals surface area contributed by atoms with E-state index in [2.05, 4.69) is 4.85 Å². The summed E-state index contributed by atoms with van der Waals surface area (Å²) >= 11 is 0. The Hall–Kier alpha value is -12.3. The maximum Gasteiger partial charge on any atom is 0.420 e. The SMILES string of the molecule is [C-]#[N+]c1cccc(-c2cc(-n3c4cc(-c5cccnc5-c5ccccc5)ccc4c4ccc(-c5cccnc5-c5ccccc5)cc43)c(C(F)(F)F)c(-n3c4cc(-c5cccnc5-c5ccccc5)ccc4c4ccc(-c5cccnc5-c5ccccc5)cc43)c2)c1. The highest BCUT2D eigenvalue weighted by molar-refractivity contribution is 6.14. The maximum absolute atomic E-state index is 18.0. The van der Waals surface area contributed by atoms with Crippen LogP contribution in [-0.4, -0.2) is 29.1 Å². The van der Waals surface area contributed by atoms with Crippen LogP contribution in [-0.2, 0) is 6.18 Å². The first-order chi connectivity index (χ1) is 45.2. The van der Waals surface area contributed by atoms with Gasteiger partial charge in [-0.2, -0.15) is 13.2 Å². The van der Waals surface area contributed by atoms with Gasteiger partial charge in [-0.1, -0.05) is 212 Å². The molecule has 16 aromatic rings. The second-order valence-electron chi connectivity index (χ2n) is 22.7. The van der Waals surface area contributed by atoms with Crippen LogP contribution in [0, 0.1) is 6.57 Å². The highest BCUT2D eigenvalue weighted by Gasteiger charge is 2.40. The molecule has 10 aromatic carbocycles. The number of hydrogen-bond donors (Lipinski definition) is 0. The lowest BCUT2D eigenvalue weighted by Gasteiger charge is -2.24. The molecule has 6 heterocycles. The van der Waals surface area contributed by atoms with Crippen LogP contribution in [0.4, 0.5) is 18.9 Å². The maximum atomic E-state index is 18.0. The molecule has 0 fully saturated rings. The fourth-order valence-electron chi connectivity index (χ4n) is 13.3. The molecule has 0 aliphatic heterocycles. The molecule has 6 aromatic heterocycles. The molecule has 0 atom stereocenters. The Kier molecular flexibility index (Phi) is 13.6. The van der Waals surface area contributed by atoms with E-state index in [1.807, 2.05) is 249 Å². The average Bonchev–Trinajstić information content (AvgIpc) is 1.52. The van der Waals surface area contributed by atoms with Crippen molar-refractivity contribution in [3.63, 3.8) is 0 Å². The average molecular weight is 1190 g/mol. The van der Waals surface area contributed by atoms with E-state index < -0.39 is 11.7 Å². The fourth-order valence-corrected chi connectivity index (χ4v) is 13.3. The van der Waals surface area contributed by atoms with Crippen molar-refractivity contribution in [2.45, 2.75) is 6.18 Å². The van der Waals surface area contributed by atoms with Crippen LogP contribution in [0.25, 0.3) is 160 Å². The van der Waals surface area contributed by atoms with Gasteiger partial charge >= 0.3 is 6.18 Å². The third-order valence-electron chi connectivity index (χ3n) is 17.4. The van der Waals surface area contributed by atoms with E-state index >= 15 is 13.2 Å². The Labute approximate surface area is 527 Å². The summed E-state index contributed by atoms with van der Waals surface area (Å²) in [6.07, 6.45) is 2.02. The standard InChI is InChI=1S/C82H50F3N7/c1-86-62-28-14-27-56(45-62)61-50-75(91-71-46-57(63-29-15-41-87-78(63)52-19-6-2-7-20-52)33-37-67(71)68-38-34-58(47-72(68)91)64-30-16-42-88-79(64)53-21-8-3-9-22-53)77(82(83,84)85)76(51-61)92-73-48-59(65-31-17-43-89-80(65)54-23-10-4-11-24-54)35-39-69(73)70-40-36-60(49-74(70)92)66-32-18-44-90-81(66)55-25-12-5-13-26-55/h2-51H. The Bertz CT molecular complexity index is 4990. The third kappa shape index (κ3) is 9.64. The van der Waals surface area contributed by atoms with Crippen LogP contribution in [0.15, 0.2) is 304 Å². The van der Waals surface area contributed by atoms with Crippen LogP contribution >= 0.6 is 0 Å². The summed E-state index contributed by atoms with van der Waals surface area (Å²) in [6, 6.07) is 89.8. The number of rotatable bonds is 11. The van der Waals surface area contributed by atoms with Gasteiger partial charge in [0.05, 0.1) is 62.8 Å². The number of aromatic nitrogens is 6. The van der Waals surface area contributed by atoms with Crippen molar-refractivity contribution < 1.29 is 13.2 Å². The van der Waals surface area contributed by atoms with E-state index in [9.17, 15) is 0 Å². The predicted molar refractivity (Wildman–Crippen MR) is 366 cm³/mol. The van der Waals surface area contributed by atoms with Gasteiger partial charge < -0.3 is 9.13 Å². The Morgan fingerprint density at radius 3 is 0.880 bits per heavy atom. The molecule has 0 N–H and O–H groups in total. The molecule has 0 unspecified atom stereocenters. The zero-order valence-corrected chi connectivity index (χ0v) is 49.1. The lowest BCUT2D eigenvalue weighted by molar-refractivity contribution is -0.137. The summed E-state index contributed by atoms with van der Waals surface area (Å²) in [5, 5.41) is 2.97. The molecule has 0 spiro atoms. The lowest BCUT2D eigenvalue weighted by Crippen LogP contribution is -2.16. The topological polar surface area (TPSA) is 65.8 Å². The Balaban J connectivity index is 1.05. The van der Waals surface area contributed by atoms with Crippen molar-refractivity contribution in [2.24, 2.45) is 0 Å². The van der Waals surface area contributed by atoms with E-state index in [1.54, 1.807) is 64.3 Å². The molecule has 7 nitrogen and oxygen atoms in total. The van der Waals surface area contributed by atoms with E-state index in [4.69, 9.17) is 26.5 Å². The summed E-state index contributed by atoms with van der Waals surface area (Å²) in [5.74, 6) is 0. The van der Waals surface area contributed by atoms with Gasteiger partial charge in [-0.15, -0.1) is 0 Å². The second-order valence-corrected chi connectivity index (χ2v) is 22.7. The van der Waals surface area contributed by atoms with Gasteiger partial charge in [-0.25, -0.2) is 4.85 Å². The van der Waals surface area contributed by atoms with Crippen LogP contribution in [0.1, 0.15) is 5.56 Å². The van der Waals surface area contributed by atoms with Crippen molar-refractivity contribution in [1.82, 2.24) is 29.1 Å². The first-order valence-corrected chi connectivity index (χ1v) is 30.2. The molecule has 10 heteroatoms. The van der Waals surface area contributed by atoms with E-state index in [-0.39, 0.29) is 11.4 Å². The van der Waals surface area contributed by atoms with Gasteiger partial charge in [0.25, 0.3) is 0 Å². The van der Waals surface area contributed by atoms with Gasteiger partial charge in [0.15, 0.2) is 5.69 Å². The molecule has 0 saturated heterocycles. The van der Waals surface area contributed by atoms with Crippen LogP contribution in [0.3, 0.4) is 0 Å². The molecule has 434 valence electrons. The number of pyridine rings is 4. The van der Waals surface area contributed by atoms with Gasteiger partial charge in [0.1, 0.15) is 5.56 Å². The fraction of sp³-hybridized carbons (Fsp3) is 0.0122. The van der Waals surface area contributed by atoms with Crippen molar-refractivity contribution in [3.8, 4) is 112 Å². The van der Waals surface area contributed by atoms with E-state index in [0.29, 0.717) is 38.9 Å². The highest BCUT2D eigenvalue weighted by Crippen LogP contribution is 2.49. The van der Waals surface area contributed by atoms with Crippen molar-refractivity contribution in [2.75, 3.05) is 0 Å². The monoisotopic (exact) mass is 1190 g/mol. The minimum Gasteiger partial charge on any atom is -0.308 e. The van der Waals surface area contributed by atoms with Crippen LogP contribution < -0.4 is 0 Å². The summed E-state index contributed by atoms with van der Waals surface area (Å²) in [4.78, 5) is 23.4. The second kappa shape index (κ2) is 22.7. The minimum absolute atomic E-state index is 0.115. The molecular weight excluding hydrogens is 1140 g/mol. The Morgan fingerprint density at radius 2 is 0.587 bits per heavy atom. The Morgan fingerprint density at radius 1 is 0.283 bits per heavy atom. The number of alkyl halides is 3. The summed E-state index contributed by atoms with van der Waals surface area (Å²) in [6.45, 7) is 8.19. The van der Waals surface area contributed by atoms with Gasteiger partial charge in [0.2, 0.25) is 0 Å². The number of hydrogen-bond acceptors (Lipinski definition) is 4. The molecule has 0 radical (unpaired) electrons. The highest BCUT2D eigenvalue weighted by atomic mass is 19.4.